The molecule has 0 aliphatic heterocycles. The third-order valence-corrected chi connectivity index (χ3v) is 2.69. The molecule has 84 valence electrons. The summed E-state index contributed by atoms with van der Waals surface area (Å²) < 4.78 is 1.93. The molecule has 0 aliphatic carbocycles. The first-order chi connectivity index (χ1) is 7.85. The van der Waals surface area contributed by atoms with Crippen LogP contribution in [-0.2, 0) is 12.8 Å². The predicted octanol–water partition coefficient (Wildman–Crippen LogP) is 1.94. The number of nitrogens with two attached hydrogens (primary N) is 1. The minimum Gasteiger partial charge on any atom is -0.330 e. The highest BCUT2D eigenvalue weighted by atomic mass is 15.3. The van der Waals surface area contributed by atoms with Gasteiger partial charge in [0.2, 0.25) is 0 Å². The fourth-order valence-electron chi connectivity index (χ4n) is 1.82. The van der Waals surface area contributed by atoms with Gasteiger partial charge in [0.15, 0.2) is 0 Å². The number of hydrogen-bond acceptors (Lipinski definition) is 2. The van der Waals surface area contributed by atoms with E-state index in [9.17, 15) is 0 Å². The highest BCUT2D eigenvalue weighted by Crippen LogP contribution is 2.14. The van der Waals surface area contributed by atoms with E-state index < -0.39 is 0 Å². The molecule has 16 heavy (non-hydrogen) atoms. The summed E-state index contributed by atoms with van der Waals surface area (Å²) in [6.07, 6.45) is 5.84. The first-order valence-corrected chi connectivity index (χ1v) is 5.67. The summed E-state index contributed by atoms with van der Waals surface area (Å²) in [5, 5.41) is 4.37. The van der Waals surface area contributed by atoms with Crippen molar-refractivity contribution in [2.45, 2.75) is 19.8 Å². The summed E-state index contributed by atoms with van der Waals surface area (Å²) >= 11 is 0. The third kappa shape index (κ3) is 2.14. The Labute approximate surface area is 95.9 Å². The summed E-state index contributed by atoms with van der Waals surface area (Å²) in [6.45, 7) is 2.82. The molecular formula is C13H17N3. The first kappa shape index (κ1) is 10.9. The van der Waals surface area contributed by atoms with E-state index in [2.05, 4.69) is 36.4 Å². The number of aryl methyl sites for hydroxylation is 1. The van der Waals surface area contributed by atoms with Crippen LogP contribution < -0.4 is 5.73 Å². The zero-order chi connectivity index (χ0) is 11.4. The second-order valence-corrected chi connectivity index (χ2v) is 3.81. The normalized spacial score (nSPS) is 10.6. The maximum atomic E-state index is 5.53. The van der Waals surface area contributed by atoms with Crippen LogP contribution in [0.4, 0.5) is 0 Å². The quantitative estimate of drug-likeness (QED) is 0.847. The molecule has 0 atom stereocenters. The molecule has 0 spiro atoms. The Hall–Kier alpha value is -1.61. The molecule has 2 N–H and O–H groups in total. The number of nitrogens with zero attached hydrogens (tertiary/aromatic N) is 2. The third-order valence-electron chi connectivity index (χ3n) is 2.69. The zero-order valence-corrected chi connectivity index (χ0v) is 9.56. The van der Waals surface area contributed by atoms with Gasteiger partial charge < -0.3 is 5.73 Å². The lowest BCUT2D eigenvalue weighted by molar-refractivity contribution is 0.861. The Bertz CT molecular complexity index is 460. The highest BCUT2D eigenvalue weighted by molar-refractivity contribution is 5.40. The SMILES string of the molecule is CCc1ccccc1-n1cc(CCN)cn1. The van der Waals surface area contributed by atoms with Gasteiger partial charge in [-0.3, -0.25) is 0 Å². The molecule has 0 saturated carbocycles. The molecule has 0 bridgehead atoms. The van der Waals surface area contributed by atoms with Gasteiger partial charge in [-0.25, -0.2) is 4.68 Å². The van der Waals surface area contributed by atoms with E-state index in [0.29, 0.717) is 6.54 Å². The maximum Gasteiger partial charge on any atom is 0.0677 e. The standard InChI is InChI=1S/C13H17N3/c1-2-12-5-3-4-6-13(12)16-10-11(7-8-14)9-15-16/h3-6,9-10H,2,7-8,14H2,1H3. The molecule has 0 saturated heterocycles. The lowest BCUT2D eigenvalue weighted by atomic mass is 10.1. The Kier molecular flexibility index (Phi) is 3.37. The van der Waals surface area contributed by atoms with Crippen LogP contribution in [0, 0.1) is 0 Å². The molecule has 3 heteroatoms. The second-order valence-electron chi connectivity index (χ2n) is 3.81. The van der Waals surface area contributed by atoms with E-state index in [1.54, 1.807) is 0 Å². The van der Waals surface area contributed by atoms with Crippen molar-refractivity contribution in [2.75, 3.05) is 6.54 Å². The van der Waals surface area contributed by atoms with Gasteiger partial charge in [0.05, 0.1) is 11.9 Å². The molecule has 0 radical (unpaired) electrons. The van der Waals surface area contributed by atoms with Crippen LogP contribution in [0.2, 0.25) is 0 Å². The Morgan fingerprint density at radius 2 is 2.12 bits per heavy atom. The van der Waals surface area contributed by atoms with Gasteiger partial charge >= 0.3 is 0 Å². The van der Waals surface area contributed by atoms with Gasteiger partial charge in [-0.2, -0.15) is 5.10 Å². The molecule has 1 aromatic carbocycles. The van der Waals surface area contributed by atoms with E-state index >= 15 is 0 Å². The topological polar surface area (TPSA) is 43.8 Å². The van der Waals surface area contributed by atoms with Crippen molar-refractivity contribution in [3.05, 3.63) is 47.8 Å². The van der Waals surface area contributed by atoms with Crippen molar-refractivity contribution >= 4 is 0 Å². The van der Waals surface area contributed by atoms with Crippen LogP contribution in [0.3, 0.4) is 0 Å². The van der Waals surface area contributed by atoms with E-state index in [1.165, 1.54) is 11.1 Å². The molecule has 1 heterocycles. The van der Waals surface area contributed by atoms with Crippen molar-refractivity contribution in [3.63, 3.8) is 0 Å². The number of aromatic nitrogens is 2. The number of benzene rings is 1. The van der Waals surface area contributed by atoms with Crippen molar-refractivity contribution < 1.29 is 0 Å². The van der Waals surface area contributed by atoms with Crippen LogP contribution >= 0.6 is 0 Å². The highest BCUT2D eigenvalue weighted by Gasteiger charge is 2.04. The van der Waals surface area contributed by atoms with Gasteiger partial charge in [-0.15, -0.1) is 0 Å². The molecule has 0 fully saturated rings. The molecule has 0 unspecified atom stereocenters. The van der Waals surface area contributed by atoms with Crippen LogP contribution in [-0.4, -0.2) is 16.3 Å². The summed E-state index contributed by atoms with van der Waals surface area (Å²) in [6, 6.07) is 8.34. The van der Waals surface area contributed by atoms with Gasteiger partial charge in [-0.1, -0.05) is 25.1 Å². The minimum atomic E-state index is 0.668. The van der Waals surface area contributed by atoms with Crippen LogP contribution in [0.1, 0.15) is 18.1 Å². The zero-order valence-electron chi connectivity index (χ0n) is 9.56. The summed E-state index contributed by atoms with van der Waals surface area (Å²) in [7, 11) is 0. The second kappa shape index (κ2) is 4.94. The fraction of sp³-hybridized carbons (Fsp3) is 0.308. The van der Waals surface area contributed by atoms with Gasteiger partial charge in [0, 0.05) is 6.20 Å². The van der Waals surface area contributed by atoms with Crippen molar-refractivity contribution in [3.8, 4) is 5.69 Å². The van der Waals surface area contributed by atoms with E-state index in [-0.39, 0.29) is 0 Å². The van der Waals surface area contributed by atoms with Crippen molar-refractivity contribution in [1.29, 1.82) is 0 Å². The van der Waals surface area contributed by atoms with Crippen molar-refractivity contribution in [1.82, 2.24) is 9.78 Å². The Balaban J connectivity index is 2.34. The average Bonchev–Trinajstić information content (AvgIpc) is 2.78. The molecule has 1 aromatic heterocycles. The van der Waals surface area contributed by atoms with E-state index in [1.807, 2.05) is 16.9 Å². The monoisotopic (exact) mass is 215 g/mol. The van der Waals surface area contributed by atoms with Crippen LogP contribution in [0.5, 0.6) is 0 Å². The smallest absolute Gasteiger partial charge is 0.0677 e. The maximum absolute atomic E-state index is 5.53. The molecule has 2 aromatic rings. The summed E-state index contributed by atoms with van der Waals surface area (Å²) in [5.74, 6) is 0. The Morgan fingerprint density at radius 1 is 1.31 bits per heavy atom. The molecule has 0 aliphatic rings. The number of hydrogen-bond donors (Lipinski definition) is 1. The van der Waals surface area contributed by atoms with E-state index in [0.717, 1.165) is 18.5 Å². The Morgan fingerprint density at radius 3 is 2.88 bits per heavy atom. The molecule has 3 nitrogen and oxygen atoms in total. The first-order valence-electron chi connectivity index (χ1n) is 5.67. The lowest BCUT2D eigenvalue weighted by Crippen LogP contribution is -2.02. The molecular weight excluding hydrogens is 198 g/mol. The van der Waals surface area contributed by atoms with Crippen molar-refractivity contribution in [2.24, 2.45) is 5.73 Å². The van der Waals surface area contributed by atoms with Crippen LogP contribution in [0.15, 0.2) is 36.7 Å². The van der Waals surface area contributed by atoms with E-state index in [4.69, 9.17) is 5.73 Å². The summed E-state index contributed by atoms with van der Waals surface area (Å²) in [4.78, 5) is 0. The van der Waals surface area contributed by atoms with Gasteiger partial charge in [0.1, 0.15) is 0 Å². The van der Waals surface area contributed by atoms with Gasteiger partial charge in [-0.05, 0) is 36.6 Å². The van der Waals surface area contributed by atoms with Gasteiger partial charge in [0.25, 0.3) is 0 Å². The molecule has 2 rings (SSSR count). The summed E-state index contributed by atoms with van der Waals surface area (Å²) in [5.41, 5.74) is 9.19. The number of para-hydroxylation sites is 1. The molecule has 0 amide bonds. The lowest BCUT2D eigenvalue weighted by Gasteiger charge is -2.06. The minimum absolute atomic E-state index is 0.668. The average molecular weight is 215 g/mol. The van der Waals surface area contributed by atoms with Crippen LogP contribution in [0.25, 0.3) is 5.69 Å². The number of rotatable bonds is 4. The predicted molar refractivity (Wildman–Crippen MR) is 65.7 cm³/mol. The fourth-order valence-corrected chi connectivity index (χ4v) is 1.82. The largest absolute Gasteiger partial charge is 0.330 e.